The first-order valence-corrected chi connectivity index (χ1v) is 7.14. The number of benzene rings is 1. The van der Waals surface area contributed by atoms with Crippen LogP contribution >= 0.6 is 27.3 Å². The summed E-state index contributed by atoms with van der Waals surface area (Å²) in [5.41, 5.74) is 1.75. The smallest absolute Gasteiger partial charge is 0.124 e. The van der Waals surface area contributed by atoms with E-state index in [1.165, 1.54) is 23.5 Å². The third-order valence-electron chi connectivity index (χ3n) is 2.67. The van der Waals surface area contributed by atoms with Crippen LogP contribution in [0.2, 0.25) is 0 Å². The fourth-order valence-electron chi connectivity index (χ4n) is 1.84. The Morgan fingerprint density at radius 3 is 2.72 bits per heavy atom. The molecular weight excluding hydrogens is 317 g/mol. The van der Waals surface area contributed by atoms with Gasteiger partial charge in [0, 0.05) is 10.9 Å². The molecule has 1 heterocycles. The van der Waals surface area contributed by atoms with Crippen LogP contribution in [0.5, 0.6) is 0 Å². The number of aliphatic hydroxyl groups excluding tert-OH is 1. The number of halogens is 2. The maximum Gasteiger partial charge on any atom is 0.124 e. The standard InChI is InChI=1S/C13H13BrFNOS/c1-7-13(18-8(2)16-7)12(17)5-9-3-4-10(15)6-11(9)14/h3-4,6,12,17H,5H2,1-2H3. The second kappa shape index (κ2) is 5.47. The number of hydrogen-bond donors (Lipinski definition) is 1. The lowest BCUT2D eigenvalue weighted by molar-refractivity contribution is 0.181. The van der Waals surface area contributed by atoms with Crippen molar-refractivity contribution >= 4 is 27.3 Å². The van der Waals surface area contributed by atoms with Gasteiger partial charge in [0.05, 0.1) is 21.7 Å². The lowest BCUT2D eigenvalue weighted by Gasteiger charge is -2.11. The Morgan fingerprint density at radius 1 is 1.44 bits per heavy atom. The number of aryl methyl sites for hydroxylation is 2. The van der Waals surface area contributed by atoms with Crippen LogP contribution < -0.4 is 0 Å². The Bertz CT molecular complexity index is 570. The molecule has 1 unspecified atom stereocenters. The number of rotatable bonds is 3. The molecule has 0 radical (unpaired) electrons. The summed E-state index contributed by atoms with van der Waals surface area (Å²) in [5.74, 6) is -0.287. The van der Waals surface area contributed by atoms with Gasteiger partial charge in [-0.15, -0.1) is 11.3 Å². The van der Waals surface area contributed by atoms with Gasteiger partial charge in [0.15, 0.2) is 0 Å². The fourth-order valence-corrected chi connectivity index (χ4v) is 3.27. The molecule has 0 aliphatic rings. The minimum absolute atomic E-state index is 0.287. The van der Waals surface area contributed by atoms with E-state index in [0.717, 1.165) is 21.1 Å². The summed E-state index contributed by atoms with van der Waals surface area (Å²) in [4.78, 5) is 5.18. The molecule has 0 bridgehead atoms. The summed E-state index contributed by atoms with van der Waals surface area (Å²) >= 11 is 4.81. The molecule has 0 amide bonds. The first kappa shape index (κ1) is 13.6. The molecule has 1 aromatic carbocycles. The van der Waals surface area contributed by atoms with E-state index in [1.807, 2.05) is 13.8 Å². The van der Waals surface area contributed by atoms with Gasteiger partial charge in [0.25, 0.3) is 0 Å². The van der Waals surface area contributed by atoms with E-state index in [4.69, 9.17) is 0 Å². The third kappa shape index (κ3) is 2.96. The van der Waals surface area contributed by atoms with Gasteiger partial charge in [-0.1, -0.05) is 22.0 Å². The van der Waals surface area contributed by atoms with Crippen LogP contribution in [0.4, 0.5) is 4.39 Å². The molecule has 0 aliphatic carbocycles. The lowest BCUT2D eigenvalue weighted by Crippen LogP contribution is -2.02. The minimum Gasteiger partial charge on any atom is -0.387 e. The number of hydrogen-bond acceptors (Lipinski definition) is 3. The molecule has 18 heavy (non-hydrogen) atoms. The molecule has 1 atom stereocenters. The highest BCUT2D eigenvalue weighted by atomic mass is 79.9. The van der Waals surface area contributed by atoms with E-state index in [-0.39, 0.29) is 5.82 Å². The molecule has 0 spiro atoms. The highest BCUT2D eigenvalue weighted by molar-refractivity contribution is 9.10. The van der Waals surface area contributed by atoms with Crippen LogP contribution in [0.25, 0.3) is 0 Å². The van der Waals surface area contributed by atoms with Gasteiger partial charge in [-0.3, -0.25) is 0 Å². The average molecular weight is 330 g/mol. The van der Waals surface area contributed by atoms with E-state index in [0.29, 0.717) is 10.9 Å². The first-order chi connectivity index (χ1) is 8.47. The van der Waals surface area contributed by atoms with Crippen molar-refractivity contribution in [2.45, 2.75) is 26.4 Å². The molecule has 96 valence electrons. The van der Waals surface area contributed by atoms with Crippen molar-refractivity contribution < 1.29 is 9.50 Å². The van der Waals surface area contributed by atoms with E-state index >= 15 is 0 Å². The zero-order valence-corrected chi connectivity index (χ0v) is 12.5. The fraction of sp³-hybridized carbons (Fsp3) is 0.308. The topological polar surface area (TPSA) is 33.1 Å². The summed E-state index contributed by atoms with van der Waals surface area (Å²) in [6.45, 7) is 3.81. The third-order valence-corrected chi connectivity index (χ3v) is 4.58. The molecule has 0 aliphatic heterocycles. The molecule has 0 fully saturated rings. The van der Waals surface area contributed by atoms with Gasteiger partial charge in [-0.25, -0.2) is 9.37 Å². The van der Waals surface area contributed by atoms with Gasteiger partial charge >= 0.3 is 0 Å². The largest absolute Gasteiger partial charge is 0.387 e. The normalized spacial score (nSPS) is 12.7. The molecule has 2 rings (SSSR count). The summed E-state index contributed by atoms with van der Waals surface area (Å²) in [6.07, 6.45) is -0.151. The predicted octanol–water partition coefficient (Wildman–Crippen LogP) is 3.94. The van der Waals surface area contributed by atoms with E-state index in [2.05, 4.69) is 20.9 Å². The lowest BCUT2D eigenvalue weighted by atomic mass is 10.1. The monoisotopic (exact) mass is 329 g/mol. The average Bonchev–Trinajstić information content (AvgIpc) is 2.62. The zero-order valence-electron chi connectivity index (χ0n) is 10.1. The molecule has 2 aromatic rings. The SMILES string of the molecule is Cc1nc(C)c(C(O)Cc2ccc(F)cc2Br)s1. The van der Waals surface area contributed by atoms with Crippen LogP contribution in [-0.4, -0.2) is 10.1 Å². The van der Waals surface area contributed by atoms with Gasteiger partial charge in [-0.05, 0) is 31.5 Å². The van der Waals surface area contributed by atoms with Crippen LogP contribution in [-0.2, 0) is 6.42 Å². The summed E-state index contributed by atoms with van der Waals surface area (Å²) in [5, 5.41) is 11.2. The van der Waals surface area contributed by atoms with Crippen molar-refractivity contribution in [3.63, 3.8) is 0 Å². The van der Waals surface area contributed by atoms with Crippen molar-refractivity contribution in [2.75, 3.05) is 0 Å². The summed E-state index contributed by atoms with van der Waals surface area (Å²) in [6, 6.07) is 4.50. The summed E-state index contributed by atoms with van der Waals surface area (Å²) < 4.78 is 13.7. The molecule has 1 aromatic heterocycles. The Kier molecular flexibility index (Phi) is 4.14. The molecule has 0 saturated carbocycles. The summed E-state index contributed by atoms with van der Waals surface area (Å²) in [7, 11) is 0. The van der Waals surface area contributed by atoms with Crippen LogP contribution in [0.1, 0.15) is 27.2 Å². The highest BCUT2D eigenvalue weighted by Crippen LogP contribution is 2.29. The number of aliphatic hydroxyl groups is 1. The Balaban J connectivity index is 2.21. The van der Waals surface area contributed by atoms with Crippen molar-refractivity contribution in [3.05, 3.63) is 49.6 Å². The molecule has 0 saturated heterocycles. The van der Waals surface area contributed by atoms with Gasteiger partial charge in [-0.2, -0.15) is 0 Å². The number of nitrogens with zero attached hydrogens (tertiary/aromatic N) is 1. The number of aromatic nitrogens is 1. The molecule has 1 N–H and O–H groups in total. The molecule has 2 nitrogen and oxygen atoms in total. The van der Waals surface area contributed by atoms with Crippen molar-refractivity contribution in [1.29, 1.82) is 0 Å². The van der Waals surface area contributed by atoms with Crippen LogP contribution in [0.15, 0.2) is 22.7 Å². The van der Waals surface area contributed by atoms with Gasteiger partial charge < -0.3 is 5.11 Å². The van der Waals surface area contributed by atoms with E-state index in [1.54, 1.807) is 6.07 Å². The quantitative estimate of drug-likeness (QED) is 0.925. The Labute approximate surface area is 118 Å². The molecular formula is C13H13BrFNOS. The Hall–Kier alpha value is -0.780. The van der Waals surface area contributed by atoms with Crippen molar-refractivity contribution in [2.24, 2.45) is 0 Å². The van der Waals surface area contributed by atoms with Crippen LogP contribution in [0.3, 0.4) is 0 Å². The van der Waals surface area contributed by atoms with E-state index < -0.39 is 6.10 Å². The van der Waals surface area contributed by atoms with Crippen molar-refractivity contribution in [3.8, 4) is 0 Å². The van der Waals surface area contributed by atoms with Gasteiger partial charge in [0.2, 0.25) is 0 Å². The Morgan fingerprint density at radius 2 is 2.17 bits per heavy atom. The van der Waals surface area contributed by atoms with Crippen molar-refractivity contribution in [1.82, 2.24) is 4.98 Å². The predicted molar refractivity (Wildman–Crippen MR) is 74.4 cm³/mol. The van der Waals surface area contributed by atoms with E-state index in [9.17, 15) is 9.50 Å². The maximum atomic E-state index is 13.0. The zero-order chi connectivity index (χ0) is 13.3. The highest BCUT2D eigenvalue weighted by Gasteiger charge is 2.16. The van der Waals surface area contributed by atoms with Crippen LogP contribution in [0, 0.1) is 19.7 Å². The second-order valence-electron chi connectivity index (χ2n) is 4.14. The minimum atomic E-state index is -0.599. The molecule has 5 heteroatoms. The van der Waals surface area contributed by atoms with Gasteiger partial charge in [0.1, 0.15) is 5.82 Å². The second-order valence-corrected chi connectivity index (χ2v) is 6.23. The number of thiazole rings is 1. The maximum absolute atomic E-state index is 13.0. The first-order valence-electron chi connectivity index (χ1n) is 5.53.